The zero-order valence-corrected chi connectivity index (χ0v) is 14.3. The van der Waals surface area contributed by atoms with E-state index in [1.165, 1.54) is 7.11 Å². The van der Waals surface area contributed by atoms with E-state index in [0.717, 1.165) is 12.8 Å². The van der Waals surface area contributed by atoms with Gasteiger partial charge in [0.25, 0.3) is 0 Å². The number of likely N-dealkylation sites (tertiary alicyclic amines) is 1. The summed E-state index contributed by atoms with van der Waals surface area (Å²) in [6, 6.07) is 6.93. The smallest absolute Gasteiger partial charge is 0.337 e. The van der Waals surface area contributed by atoms with Gasteiger partial charge in [0.05, 0.1) is 12.7 Å². The molecule has 1 saturated carbocycles. The lowest BCUT2D eigenvalue weighted by atomic mass is 9.96. The Kier molecular flexibility index (Phi) is 5.21. The minimum atomic E-state index is -0.408. The van der Waals surface area contributed by atoms with Crippen molar-refractivity contribution in [3.05, 3.63) is 29.8 Å². The van der Waals surface area contributed by atoms with Crippen LogP contribution in [-0.4, -0.2) is 49.0 Å². The van der Waals surface area contributed by atoms with Gasteiger partial charge in [-0.2, -0.15) is 0 Å². The number of hydrogen-bond acceptors (Lipinski definition) is 4. The second kappa shape index (κ2) is 7.55. The summed E-state index contributed by atoms with van der Waals surface area (Å²) in [5, 5.41) is 5.85. The Morgan fingerprint density at radius 3 is 2.24 bits per heavy atom. The highest BCUT2D eigenvalue weighted by molar-refractivity contribution is 5.94. The maximum absolute atomic E-state index is 12.4. The van der Waals surface area contributed by atoms with Crippen LogP contribution >= 0.6 is 0 Å². The molecule has 0 atom stereocenters. The molecule has 134 valence electrons. The van der Waals surface area contributed by atoms with Gasteiger partial charge in [0.1, 0.15) is 0 Å². The summed E-state index contributed by atoms with van der Waals surface area (Å²) in [5.41, 5.74) is 1.09. The Bertz CT molecular complexity index is 647. The SMILES string of the molecule is COC(=O)c1ccc(NC(=O)C2CCN(C(=O)NC3CC3)CC2)cc1. The van der Waals surface area contributed by atoms with Crippen LogP contribution in [0.15, 0.2) is 24.3 Å². The van der Waals surface area contributed by atoms with Crippen molar-refractivity contribution in [3.63, 3.8) is 0 Å². The maximum Gasteiger partial charge on any atom is 0.337 e. The van der Waals surface area contributed by atoms with Crippen molar-refractivity contribution in [2.75, 3.05) is 25.5 Å². The van der Waals surface area contributed by atoms with Crippen LogP contribution in [0.1, 0.15) is 36.0 Å². The first kappa shape index (κ1) is 17.3. The molecule has 2 fully saturated rings. The highest BCUT2D eigenvalue weighted by atomic mass is 16.5. The van der Waals surface area contributed by atoms with Crippen LogP contribution in [0.25, 0.3) is 0 Å². The number of carbonyl (C=O) groups is 3. The number of esters is 1. The van der Waals surface area contributed by atoms with E-state index < -0.39 is 5.97 Å². The molecule has 0 unspecified atom stereocenters. The quantitative estimate of drug-likeness (QED) is 0.817. The Labute approximate surface area is 146 Å². The Hall–Kier alpha value is -2.57. The van der Waals surface area contributed by atoms with Crippen LogP contribution in [-0.2, 0) is 9.53 Å². The number of rotatable bonds is 4. The van der Waals surface area contributed by atoms with Gasteiger partial charge < -0.3 is 20.3 Å². The second-order valence-corrected chi connectivity index (χ2v) is 6.54. The molecule has 1 aromatic carbocycles. The molecule has 0 radical (unpaired) electrons. The largest absolute Gasteiger partial charge is 0.465 e. The van der Waals surface area contributed by atoms with Crippen LogP contribution in [0.4, 0.5) is 10.5 Å². The summed E-state index contributed by atoms with van der Waals surface area (Å²) in [6.07, 6.45) is 3.45. The predicted molar refractivity (Wildman–Crippen MR) is 92.3 cm³/mol. The number of nitrogens with one attached hydrogen (secondary N) is 2. The van der Waals surface area contributed by atoms with Gasteiger partial charge in [0, 0.05) is 30.7 Å². The van der Waals surface area contributed by atoms with Gasteiger partial charge >= 0.3 is 12.0 Å². The van der Waals surface area contributed by atoms with Gasteiger partial charge in [-0.25, -0.2) is 9.59 Å². The maximum atomic E-state index is 12.4. The third-order valence-electron chi connectivity index (χ3n) is 4.63. The van der Waals surface area contributed by atoms with Gasteiger partial charge in [0.2, 0.25) is 5.91 Å². The van der Waals surface area contributed by atoms with Gasteiger partial charge in [-0.05, 0) is 49.9 Å². The lowest BCUT2D eigenvalue weighted by Crippen LogP contribution is -2.46. The summed E-state index contributed by atoms with van der Waals surface area (Å²) >= 11 is 0. The van der Waals surface area contributed by atoms with Gasteiger partial charge in [-0.15, -0.1) is 0 Å². The summed E-state index contributed by atoms with van der Waals surface area (Å²) in [7, 11) is 1.33. The molecule has 0 spiro atoms. The minimum absolute atomic E-state index is 0.0141. The van der Waals surface area contributed by atoms with Crippen molar-refractivity contribution in [2.45, 2.75) is 31.7 Å². The van der Waals surface area contributed by atoms with E-state index in [9.17, 15) is 14.4 Å². The third kappa shape index (κ3) is 4.49. The molecule has 1 aromatic rings. The highest BCUT2D eigenvalue weighted by Crippen LogP contribution is 2.22. The molecule has 7 heteroatoms. The highest BCUT2D eigenvalue weighted by Gasteiger charge is 2.30. The number of piperidine rings is 1. The molecule has 0 bridgehead atoms. The van der Waals surface area contributed by atoms with Crippen molar-refractivity contribution >= 4 is 23.6 Å². The first-order chi connectivity index (χ1) is 12.1. The average Bonchev–Trinajstić information content (AvgIpc) is 3.45. The van der Waals surface area contributed by atoms with Crippen molar-refractivity contribution in [1.82, 2.24) is 10.2 Å². The fraction of sp³-hybridized carbons (Fsp3) is 0.500. The first-order valence-corrected chi connectivity index (χ1v) is 8.61. The molecule has 3 amide bonds. The van der Waals surface area contributed by atoms with E-state index in [2.05, 4.69) is 15.4 Å². The van der Waals surface area contributed by atoms with E-state index in [1.54, 1.807) is 29.2 Å². The van der Waals surface area contributed by atoms with E-state index in [-0.39, 0.29) is 17.9 Å². The number of nitrogens with zero attached hydrogens (tertiary/aromatic N) is 1. The normalized spacial score (nSPS) is 17.7. The number of ether oxygens (including phenoxy) is 1. The molecule has 1 aliphatic heterocycles. The van der Waals surface area contributed by atoms with E-state index in [4.69, 9.17) is 0 Å². The summed E-state index contributed by atoms with van der Waals surface area (Å²) in [4.78, 5) is 37.6. The number of benzene rings is 1. The molecule has 2 N–H and O–H groups in total. The summed E-state index contributed by atoms with van der Waals surface area (Å²) in [5.74, 6) is -0.562. The number of hydrogen-bond donors (Lipinski definition) is 2. The molecule has 1 saturated heterocycles. The third-order valence-corrected chi connectivity index (χ3v) is 4.63. The fourth-order valence-corrected chi connectivity index (χ4v) is 2.89. The van der Waals surface area contributed by atoms with Crippen LogP contribution in [0.2, 0.25) is 0 Å². The van der Waals surface area contributed by atoms with Crippen LogP contribution in [0.3, 0.4) is 0 Å². The minimum Gasteiger partial charge on any atom is -0.465 e. The predicted octanol–water partition coefficient (Wildman–Crippen LogP) is 2.00. The molecule has 0 aromatic heterocycles. The van der Waals surface area contributed by atoms with Crippen molar-refractivity contribution in [1.29, 1.82) is 0 Å². The molecule has 2 aliphatic rings. The summed E-state index contributed by atoms with van der Waals surface area (Å²) < 4.78 is 4.65. The average molecular weight is 345 g/mol. The number of anilines is 1. The second-order valence-electron chi connectivity index (χ2n) is 6.54. The first-order valence-electron chi connectivity index (χ1n) is 8.61. The Morgan fingerprint density at radius 2 is 1.68 bits per heavy atom. The fourth-order valence-electron chi connectivity index (χ4n) is 2.89. The van der Waals surface area contributed by atoms with Gasteiger partial charge in [0.15, 0.2) is 0 Å². The van der Waals surface area contributed by atoms with Crippen LogP contribution in [0.5, 0.6) is 0 Å². The monoisotopic (exact) mass is 345 g/mol. The van der Waals surface area contributed by atoms with Crippen LogP contribution in [0, 0.1) is 5.92 Å². The van der Waals surface area contributed by atoms with Crippen molar-refractivity contribution < 1.29 is 19.1 Å². The topological polar surface area (TPSA) is 87.7 Å². The Morgan fingerprint density at radius 1 is 1.04 bits per heavy atom. The number of amides is 3. The standard InChI is InChI=1S/C18H23N3O4/c1-25-17(23)13-2-4-14(5-3-13)19-16(22)12-8-10-21(11-9-12)18(24)20-15-6-7-15/h2-5,12,15H,6-11H2,1H3,(H,19,22)(H,20,24). The number of urea groups is 1. The molecule has 3 rings (SSSR count). The molecular formula is C18H23N3O4. The van der Waals surface area contributed by atoms with E-state index in [1.807, 2.05) is 0 Å². The number of methoxy groups -OCH3 is 1. The lowest BCUT2D eigenvalue weighted by Gasteiger charge is -2.31. The zero-order valence-electron chi connectivity index (χ0n) is 14.3. The lowest BCUT2D eigenvalue weighted by molar-refractivity contribution is -0.121. The molecule has 1 heterocycles. The Balaban J connectivity index is 1.47. The van der Waals surface area contributed by atoms with Crippen LogP contribution < -0.4 is 10.6 Å². The molecule has 25 heavy (non-hydrogen) atoms. The summed E-state index contributed by atoms with van der Waals surface area (Å²) in [6.45, 7) is 1.19. The molecule has 7 nitrogen and oxygen atoms in total. The van der Waals surface area contributed by atoms with E-state index in [0.29, 0.717) is 43.2 Å². The molecular weight excluding hydrogens is 322 g/mol. The van der Waals surface area contributed by atoms with Crippen molar-refractivity contribution in [3.8, 4) is 0 Å². The van der Waals surface area contributed by atoms with E-state index >= 15 is 0 Å². The van der Waals surface area contributed by atoms with Gasteiger partial charge in [-0.1, -0.05) is 0 Å². The van der Waals surface area contributed by atoms with Crippen molar-refractivity contribution in [2.24, 2.45) is 5.92 Å². The van der Waals surface area contributed by atoms with Gasteiger partial charge in [-0.3, -0.25) is 4.79 Å². The zero-order chi connectivity index (χ0) is 17.8. The number of carbonyl (C=O) groups excluding carboxylic acids is 3. The molecule has 1 aliphatic carbocycles.